The van der Waals surface area contributed by atoms with Crippen LogP contribution in [0.5, 0.6) is 0 Å². The van der Waals surface area contributed by atoms with Crippen molar-refractivity contribution < 1.29 is 81.7 Å². The molecule has 7 fully saturated rings. The zero-order chi connectivity index (χ0) is 48.5. The van der Waals surface area contributed by atoms with Crippen LogP contribution in [0.4, 0.5) is 0 Å². The summed E-state index contributed by atoms with van der Waals surface area (Å²) in [6, 6.07) is 0. The first kappa shape index (κ1) is 52.7. The quantitative estimate of drug-likeness (QED) is 0.205. The van der Waals surface area contributed by atoms with Gasteiger partial charge in [-0.3, -0.25) is 4.79 Å². The Morgan fingerprint density at radius 2 is 1.32 bits per heavy atom. The number of aliphatic carboxylic acids is 1. The molecule has 17 nitrogen and oxygen atoms in total. The minimum atomic E-state index is -2.12. The van der Waals surface area contributed by atoms with Crippen LogP contribution in [0.2, 0.25) is 0 Å². The van der Waals surface area contributed by atoms with Crippen molar-refractivity contribution in [3.63, 3.8) is 0 Å². The average Bonchev–Trinajstić information content (AvgIpc) is 4.01. The first-order chi connectivity index (χ1) is 31.0. The number of aliphatic hydroxyl groups is 2. The summed E-state index contributed by atoms with van der Waals surface area (Å²) in [5, 5.41) is 33.7. The Hall–Kier alpha value is -1.13. The van der Waals surface area contributed by atoms with Crippen molar-refractivity contribution in [2.24, 2.45) is 35.5 Å². The second-order valence-corrected chi connectivity index (χ2v) is 21.5. The van der Waals surface area contributed by atoms with Gasteiger partial charge >= 0.3 is 5.97 Å². The van der Waals surface area contributed by atoms with Gasteiger partial charge in [0.2, 0.25) is 0 Å². The van der Waals surface area contributed by atoms with Gasteiger partial charge in [-0.1, -0.05) is 34.6 Å². The van der Waals surface area contributed by atoms with E-state index in [2.05, 4.69) is 27.7 Å². The van der Waals surface area contributed by atoms with Crippen molar-refractivity contribution in [1.82, 2.24) is 0 Å². The van der Waals surface area contributed by atoms with E-state index < -0.39 is 77.1 Å². The molecule has 7 aliphatic rings. The Morgan fingerprint density at radius 1 is 0.682 bits per heavy atom. The van der Waals surface area contributed by atoms with E-state index in [1.165, 1.54) is 14.0 Å². The number of rotatable bonds is 14. The van der Waals surface area contributed by atoms with Crippen molar-refractivity contribution in [3.05, 3.63) is 0 Å². The molecule has 25 atom stereocenters. The average molecular weight is 945 g/mol. The lowest BCUT2D eigenvalue weighted by Gasteiger charge is -2.58. The zero-order valence-corrected chi connectivity index (χ0v) is 42.3. The molecule has 7 saturated heterocycles. The molecular formula is C49H84O17. The van der Waals surface area contributed by atoms with Gasteiger partial charge in [0.1, 0.15) is 17.1 Å². The standard InChI is InChI=1S/C49H84O17/c1-24-40(56-13)26(3)47(10,52)65-41(24)35-17-16-33(60-35)34-18-20-37(61-34)46(9)43(58-15)28(5)49(66-46)25(2)36(55-12)22-31(62-49)23-38-45(8,64-39-21-19-32(54-11)30(7)59-39)42(57-14)27(4)48(53,63-38)29(6)44(50)51/h24-43,52-53H,16-23H2,1-15H3,(H,50,51). The van der Waals surface area contributed by atoms with Gasteiger partial charge in [0.25, 0.3) is 0 Å². The molecule has 7 heterocycles. The molecule has 17 heteroatoms. The van der Waals surface area contributed by atoms with Crippen LogP contribution < -0.4 is 0 Å². The molecule has 0 bridgehead atoms. The van der Waals surface area contributed by atoms with Crippen LogP contribution in [-0.2, 0) is 66.4 Å². The van der Waals surface area contributed by atoms with E-state index in [-0.39, 0.29) is 85.0 Å². The van der Waals surface area contributed by atoms with Crippen LogP contribution in [0.15, 0.2) is 0 Å². The van der Waals surface area contributed by atoms with Crippen molar-refractivity contribution in [2.75, 3.05) is 35.5 Å². The number of carboxylic acid groups (broad SMARTS) is 1. The number of methoxy groups -OCH3 is 5. The summed E-state index contributed by atoms with van der Waals surface area (Å²) in [4.78, 5) is 12.6. The van der Waals surface area contributed by atoms with Gasteiger partial charge in [0.15, 0.2) is 23.7 Å². The van der Waals surface area contributed by atoms with Gasteiger partial charge in [-0.25, -0.2) is 0 Å². The summed E-state index contributed by atoms with van der Waals surface area (Å²) in [5.41, 5.74) is -2.19. The van der Waals surface area contributed by atoms with Gasteiger partial charge < -0.3 is 76.9 Å². The van der Waals surface area contributed by atoms with Crippen LogP contribution in [-0.4, -0.2) is 171 Å². The third kappa shape index (κ3) is 8.96. The molecule has 66 heavy (non-hydrogen) atoms. The molecule has 25 unspecified atom stereocenters. The third-order valence-electron chi connectivity index (χ3n) is 17.8. The second kappa shape index (κ2) is 19.8. The fourth-order valence-corrected chi connectivity index (χ4v) is 13.7. The molecule has 0 aromatic rings. The first-order valence-corrected chi connectivity index (χ1v) is 24.7. The molecule has 0 aromatic heterocycles. The van der Waals surface area contributed by atoms with Crippen LogP contribution in [0.3, 0.4) is 0 Å². The van der Waals surface area contributed by atoms with Crippen molar-refractivity contribution in [2.45, 2.75) is 235 Å². The van der Waals surface area contributed by atoms with Gasteiger partial charge in [-0.2, -0.15) is 0 Å². The summed E-state index contributed by atoms with van der Waals surface area (Å²) < 4.78 is 85.1. The largest absolute Gasteiger partial charge is 0.481 e. The highest BCUT2D eigenvalue weighted by Gasteiger charge is 2.70. The molecule has 7 aliphatic heterocycles. The predicted molar refractivity (Wildman–Crippen MR) is 237 cm³/mol. The number of carbonyl (C=O) groups is 1. The topological polar surface area (TPSA) is 198 Å². The molecule has 0 amide bonds. The second-order valence-electron chi connectivity index (χ2n) is 21.5. The van der Waals surface area contributed by atoms with E-state index >= 15 is 0 Å². The van der Waals surface area contributed by atoms with Gasteiger partial charge in [-0.15, -0.1) is 0 Å². The van der Waals surface area contributed by atoms with Crippen molar-refractivity contribution >= 4 is 5.97 Å². The Morgan fingerprint density at radius 3 is 1.92 bits per heavy atom. The highest BCUT2D eigenvalue weighted by Crippen LogP contribution is 2.57. The van der Waals surface area contributed by atoms with E-state index in [9.17, 15) is 20.1 Å². The Balaban J connectivity index is 1.12. The molecule has 0 aromatic carbocycles. The fourth-order valence-electron chi connectivity index (χ4n) is 13.7. The molecule has 0 aliphatic carbocycles. The smallest absolute Gasteiger partial charge is 0.311 e. The van der Waals surface area contributed by atoms with Gasteiger partial charge in [0.05, 0.1) is 79.4 Å². The number of hydrogen-bond acceptors (Lipinski definition) is 16. The Labute approximate surface area is 392 Å². The van der Waals surface area contributed by atoms with Crippen molar-refractivity contribution in [3.8, 4) is 0 Å². The SMILES string of the molecule is COC1CCC(OC2(C)C(CC3CC(OC)C(C)C4(O3)OC(C)(C3CCC(C5CCC(C6OC(C)(O)C(C)C(OC)C6C)O5)O3)C(OC)C4C)OC(O)(C(C)C(=O)O)C(C)C2OC)OC1C. The minimum Gasteiger partial charge on any atom is -0.481 e. The summed E-state index contributed by atoms with van der Waals surface area (Å²) in [5.74, 6) is -8.75. The van der Waals surface area contributed by atoms with Crippen LogP contribution in [0.25, 0.3) is 0 Å². The van der Waals surface area contributed by atoms with Crippen LogP contribution in [0, 0.1) is 35.5 Å². The van der Waals surface area contributed by atoms with Crippen LogP contribution >= 0.6 is 0 Å². The lowest BCUT2D eigenvalue weighted by Crippen LogP contribution is -2.71. The van der Waals surface area contributed by atoms with Crippen LogP contribution in [0.1, 0.15) is 121 Å². The maximum atomic E-state index is 12.6. The van der Waals surface area contributed by atoms with E-state index in [1.54, 1.807) is 42.3 Å². The predicted octanol–water partition coefficient (Wildman–Crippen LogP) is 5.22. The molecule has 7 rings (SSSR count). The monoisotopic (exact) mass is 945 g/mol. The lowest BCUT2D eigenvalue weighted by atomic mass is 9.71. The summed E-state index contributed by atoms with van der Waals surface area (Å²) in [7, 11) is 8.28. The van der Waals surface area contributed by atoms with E-state index in [0.717, 1.165) is 19.3 Å². The molecule has 3 N–H and O–H groups in total. The molecule has 0 saturated carbocycles. The molecule has 0 radical (unpaired) electrons. The zero-order valence-electron chi connectivity index (χ0n) is 42.3. The normalized spacial score (nSPS) is 53.9. The Bertz CT molecular complexity index is 1650. The summed E-state index contributed by atoms with van der Waals surface area (Å²) >= 11 is 0. The number of carboxylic acids is 1. The molecule has 1 spiro atoms. The van der Waals surface area contributed by atoms with Gasteiger partial charge in [0, 0.05) is 84.4 Å². The number of hydrogen-bond donors (Lipinski definition) is 3. The maximum absolute atomic E-state index is 12.6. The highest BCUT2D eigenvalue weighted by molar-refractivity contribution is 5.70. The summed E-state index contributed by atoms with van der Waals surface area (Å²) in [6.07, 6.45) is -0.593. The number of ether oxygens (including phenoxy) is 13. The van der Waals surface area contributed by atoms with E-state index in [4.69, 9.17) is 61.6 Å². The lowest BCUT2D eigenvalue weighted by molar-refractivity contribution is -0.403. The summed E-state index contributed by atoms with van der Waals surface area (Å²) in [6.45, 7) is 19.0. The van der Waals surface area contributed by atoms with E-state index in [0.29, 0.717) is 25.7 Å². The van der Waals surface area contributed by atoms with Crippen molar-refractivity contribution in [1.29, 1.82) is 0 Å². The minimum absolute atomic E-state index is 0.0173. The highest BCUT2D eigenvalue weighted by atomic mass is 16.8. The fraction of sp³-hybridized carbons (Fsp3) is 0.980. The Kier molecular flexibility index (Phi) is 15.8. The third-order valence-corrected chi connectivity index (χ3v) is 17.8. The van der Waals surface area contributed by atoms with Gasteiger partial charge in [-0.05, 0) is 66.7 Å². The first-order valence-electron chi connectivity index (χ1n) is 24.7. The molecular weight excluding hydrogens is 861 g/mol. The molecule has 382 valence electrons. The maximum Gasteiger partial charge on any atom is 0.311 e. The van der Waals surface area contributed by atoms with E-state index in [1.807, 2.05) is 20.8 Å².